The molecular formula is C13H16ClNO2S2. The van der Waals surface area contributed by atoms with Gasteiger partial charge in [0.2, 0.25) is 0 Å². The van der Waals surface area contributed by atoms with Crippen LogP contribution in [-0.2, 0) is 4.79 Å². The average Bonchev–Trinajstić information content (AvgIpc) is 2.87. The molecule has 1 aliphatic heterocycles. The number of carboxylic acids is 1. The molecule has 0 radical (unpaired) electrons. The second kappa shape index (κ2) is 6.39. The summed E-state index contributed by atoms with van der Waals surface area (Å²) in [5, 5.41) is 13.1. The van der Waals surface area contributed by atoms with Gasteiger partial charge in [-0.15, -0.1) is 23.5 Å². The van der Waals surface area contributed by atoms with Gasteiger partial charge in [-0.2, -0.15) is 0 Å². The van der Waals surface area contributed by atoms with Gasteiger partial charge in [-0.25, -0.2) is 0 Å². The molecule has 0 bridgehead atoms. The quantitative estimate of drug-likeness (QED) is 0.832. The Kier molecular flexibility index (Phi) is 5.06. The van der Waals surface area contributed by atoms with Crippen molar-refractivity contribution in [3.05, 3.63) is 22.7 Å². The Hall–Kier alpha value is -0.360. The van der Waals surface area contributed by atoms with E-state index in [0.717, 1.165) is 20.4 Å². The molecule has 1 heterocycles. The van der Waals surface area contributed by atoms with Crippen molar-refractivity contribution in [2.24, 2.45) is 5.92 Å². The largest absolute Gasteiger partial charge is 0.481 e. The molecule has 2 atom stereocenters. The lowest BCUT2D eigenvalue weighted by Gasteiger charge is -2.15. The third-order valence-corrected chi connectivity index (χ3v) is 5.49. The fraction of sp³-hybridized carbons (Fsp3) is 0.462. The van der Waals surface area contributed by atoms with Crippen LogP contribution in [0, 0.1) is 5.92 Å². The third kappa shape index (κ3) is 3.21. The molecule has 1 saturated heterocycles. The predicted molar refractivity (Wildman–Crippen MR) is 81.5 cm³/mol. The van der Waals surface area contributed by atoms with E-state index in [1.54, 1.807) is 23.5 Å². The number of carboxylic acid groups (broad SMARTS) is 1. The maximum atomic E-state index is 11.0. The van der Waals surface area contributed by atoms with Gasteiger partial charge in [0.25, 0.3) is 0 Å². The molecular weight excluding hydrogens is 302 g/mol. The van der Waals surface area contributed by atoms with Crippen LogP contribution in [0.1, 0.15) is 18.0 Å². The van der Waals surface area contributed by atoms with Gasteiger partial charge in [0.05, 0.1) is 10.9 Å². The van der Waals surface area contributed by atoms with Crippen LogP contribution in [0.15, 0.2) is 21.9 Å². The van der Waals surface area contributed by atoms with Crippen LogP contribution >= 0.6 is 35.1 Å². The number of nitrogens with one attached hydrogen (secondary N) is 1. The minimum Gasteiger partial charge on any atom is -0.481 e. The summed E-state index contributed by atoms with van der Waals surface area (Å²) in [5.41, 5.74) is 1.08. The van der Waals surface area contributed by atoms with E-state index in [1.807, 2.05) is 18.6 Å². The van der Waals surface area contributed by atoms with Crippen molar-refractivity contribution in [1.82, 2.24) is 5.32 Å². The van der Waals surface area contributed by atoms with Crippen LogP contribution in [0.25, 0.3) is 0 Å². The van der Waals surface area contributed by atoms with E-state index >= 15 is 0 Å². The molecule has 6 heteroatoms. The van der Waals surface area contributed by atoms with Crippen LogP contribution in [0.4, 0.5) is 0 Å². The number of halogens is 1. The van der Waals surface area contributed by atoms with Crippen LogP contribution < -0.4 is 5.32 Å². The lowest BCUT2D eigenvalue weighted by atomic mass is 10.0. The van der Waals surface area contributed by atoms with Crippen LogP contribution in [-0.4, -0.2) is 30.1 Å². The number of thioether (sulfide) groups is 2. The molecule has 0 aromatic heterocycles. The Morgan fingerprint density at radius 3 is 2.68 bits per heavy atom. The van der Waals surface area contributed by atoms with Crippen LogP contribution in [0.3, 0.4) is 0 Å². The Bertz CT molecular complexity index is 496. The first-order chi connectivity index (χ1) is 9.06. The molecule has 2 rings (SSSR count). The molecule has 2 N–H and O–H groups in total. The normalized spacial score (nSPS) is 22.7. The van der Waals surface area contributed by atoms with E-state index in [1.165, 1.54) is 0 Å². The fourth-order valence-corrected chi connectivity index (χ4v) is 4.40. The van der Waals surface area contributed by atoms with Gasteiger partial charge in [-0.05, 0) is 36.6 Å². The monoisotopic (exact) mass is 317 g/mol. The zero-order valence-corrected chi connectivity index (χ0v) is 13.2. The first kappa shape index (κ1) is 15.0. The summed E-state index contributed by atoms with van der Waals surface area (Å²) in [6, 6.07) is 4.15. The molecule has 1 aromatic rings. The number of benzene rings is 1. The van der Waals surface area contributed by atoms with E-state index in [9.17, 15) is 4.79 Å². The summed E-state index contributed by atoms with van der Waals surface area (Å²) in [6.45, 7) is 0.524. The molecule has 1 fully saturated rings. The topological polar surface area (TPSA) is 49.3 Å². The highest BCUT2D eigenvalue weighted by Crippen LogP contribution is 2.38. The van der Waals surface area contributed by atoms with Crippen molar-refractivity contribution in [2.45, 2.75) is 22.3 Å². The Labute approximate surface area is 126 Å². The van der Waals surface area contributed by atoms with E-state index in [2.05, 4.69) is 11.4 Å². The molecule has 19 heavy (non-hydrogen) atoms. The molecule has 3 nitrogen and oxygen atoms in total. The van der Waals surface area contributed by atoms with Gasteiger partial charge in [-0.1, -0.05) is 11.6 Å². The predicted octanol–water partition coefficient (Wildman–Crippen LogP) is 3.52. The Morgan fingerprint density at radius 2 is 2.16 bits per heavy atom. The maximum Gasteiger partial charge on any atom is 0.307 e. The number of hydrogen-bond acceptors (Lipinski definition) is 4. The number of carbonyl (C=O) groups is 1. The lowest BCUT2D eigenvalue weighted by molar-refractivity contribution is -0.141. The third-order valence-electron chi connectivity index (χ3n) is 3.34. The number of rotatable bonds is 4. The highest BCUT2D eigenvalue weighted by Gasteiger charge is 2.30. The van der Waals surface area contributed by atoms with Crippen molar-refractivity contribution in [2.75, 3.05) is 19.1 Å². The first-order valence-electron chi connectivity index (χ1n) is 5.94. The van der Waals surface area contributed by atoms with Crippen molar-refractivity contribution >= 4 is 41.1 Å². The summed E-state index contributed by atoms with van der Waals surface area (Å²) >= 11 is 9.61. The van der Waals surface area contributed by atoms with Gasteiger partial charge in [0.1, 0.15) is 0 Å². The second-order valence-electron chi connectivity index (χ2n) is 4.47. The van der Waals surface area contributed by atoms with Crippen LogP contribution in [0.2, 0.25) is 5.02 Å². The Morgan fingerprint density at radius 1 is 1.42 bits per heavy atom. The smallest absolute Gasteiger partial charge is 0.307 e. The SMILES string of the molecule is CSc1cc(C2CC(C(=O)O)CN2)cc(Cl)c1SC. The molecule has 1 aliphatic rings. The molecule has 0 amide bonds. The van der Waals surface area contributed by atoms with Gasteiger partial charge in [-0.3, -0.25) is 4.79 Å². The zero-order valence-electron chi connectivity index (χ0n) is 10.8. The van der Waals surface area contributed by atoms with Crippen molar-refractivity contribution in [1.29, 1.82) is 0 Å². The van der Waals surface area contributed by atoms with E-state index < -0.39 is 5.97 Å². The molecule has 0 aliphatic carbocycles. The van der Waals surface area contributed by atoms with Gasteiger partial charge < -0.3 is 10.4 Å². The summed E-state index contributed by atoms with van der Waals surface area (Å²) in [7, 11) is 0. The van der Waals surface area contributed by atoms with Crippen molar-refractivity contribution in [3.8, 4) is 0 Å². The standard InChI is InChI=1S/C13H16ClNO2S2/c1-18-11-5-7(3-9(14)12(11)19-2)10-4-8(6-15-10)13(16)17/h3,5,8,10,15H,4,6H2,1-2H3,(H,16,17). The average molecular weight is 318 g/mol. The maximum absolute atomic E-state index is 11.0. The molecule has 2 unspecified atom stereocenters. The molecule has 1 aromatic carbocycles. The first-order valence-corrected chi connectivity index (χ1v) is 8.77. The minimum atomic E-state index is -0.730. The fourth-order valence-electron chi connectivity index (χ4n) is 2.32. The highest BCUT2D eigenvalue weighted by atomic mass is 35.5. The van der Waals surface area contributed by atoms with Gasteiger partial charge in [0, 0.05) is 22.4 Å². The molecule has 0 saturated carbocycles. The molecule has 0 spiro atoms. The summed E-state index contributed by atoms with van der Waals surface area (Å²) < 4.78 is 0. The lowest BCUT2D eigenvalue weighted by Crippen LogP contribution is -2.17. The summed E-state index contributed by atoms with van der Waals surface area (Å²) in [4.78, 5) is 13.2. The second-order valence-corrected chi connectivity index (χ2v) is 6.54. The van der Waals surface area contributed by atoms with Crippen molar-refractivity contribution < 1.29 is 9.90 Å². The number of aliphatic carboxylic acids is 1. The summed E-state index contributed by atoms with van der Waals surface area (Å²) in [5.74, 6) is -1.03. The van der Waals surface area contributed by atoms with Crippen LogP contribution in [0.5, 0.6) is 0 Å². The summed E-state index contributed by atoms with van der Waals surface area (Å²) in [6.07, 6.45) is 4.66. The van der Waals surface area contributed by atoms with Gasteiger partial charge in [0.15, 0.2) is 0 Å². The zero-order chi connectivity index (χ0) is 14.0. The van der Waals surface area contributed by atoms with Crippen molar-refractivity contribution in [3.63, 3.8) is 0 Å². The Balaban J connectivity index is 2.27. The minimum absolute atomic E-state index is 0.0837. The highest BCUT2D eigenvalue weighted by molar-refractivity contribution is 8.01. The van der Waals surface area contributed by atoms with E-state index in [4.69, 9.17) is 16.7 Å². The van der Waals surface area contributed by atoms with Gasteiger partial charge >= 0.3 is 5.97 Å². The van der Waals surface area contributed by atoms with E-state index in [-0.39, 0.29) is 12.0 Å². The number of hydrogen-bond donors (Lipinski definition) is 2. The molecule has 104 valence electrons. The van der Waals surface area contributed by atoms with E-state index in [0.29, 0.717) is 13.0 Å².